The molecule has 0 N–H and O–H groups in total. The number of aromatic nitrogens is 6. The topological polar surface area (TPSA) is 141 Å². The minimum absolute atomic E-state index is 0.0313. The fourth-order valence-electron chi connectivity index (χ4n) is 9.64. The highest BCUT2D eigenvalue weighted by atomic mass is 19.3. The van der Waals surface area contributed by atoms with E-state index in [0.717, 1.165) is 105 Å². The number of nitrogens with zero attached hydrogens (tertiary/aromatic N) is 8. The van der Waals surface area contributed by atoms with Gasteiger partial charge in [-0.1, -0.05) is 25.0 Å². The number of hydrogen-bond acceptors (Lipinski definition) is 10. The number of benzene rings is 1. The van der Waals surface area contributed by atoms with E-state index < -0.39 is 18.3 Å². The predicted molar refractivity (Wildman–Crippen MR) is 219 cm³/mol. The number of aryl methyl sites for hydroxylation is 2. The van der Waals surface area contributed by atoms with Crippen molar-refractivity contribution in [2.45, 2.75) is 102 Å². The van der Waals surface area contributed by atoms with Gasteiger partial charge in [-0.25, -0.2) is 18.6 Å². The van der Waals surface area contributed by atoms with E-state index in [0.29, 0.717) is 31.2 Å². The maximum Gasteiger partial charge on any atom is 0.329 e. The van der Waals surface area contributed by atoms with Crippen LogP contribution in [-0.4, -0.2) is 88.8 Å². The van der Waals surface area contributed by atoms with Crippen LogP contribution in [0.3, 0.4) is 0 Å². The molecule has 6 heterocycles. The van der Waals surface area contributed by atoms with Gasteiger partial charge < -0.3 is 9.32 Å². The summed E-state index contributed by atoms with van der Waals surface area (Å²) in [5.74, 6) is 0.983. The standard InChI is InChI=1S/C45H52F2N8O5/c1-51-42-31(3-2-4-38(42)55(45(51)59)37-10-9-35(56)23-40(37)58)25-53-17-12-29(13-18-53)24-52-19-14-34(15-20-52)54-26-32(41(50-54)43(46)47)22-39(57)36-27-60-44(49-36)30-11-16-48-33(21-30)8-7-28-5-6-28/h2-4,11,16,21,26-29,34,37,43H,5-10,12-15,17-20,22-25H2,1H3. The Balaban J connectivity index is 0.767. The van der Waals surface area contributed by atoms with E-state index >= 15 is 0 Å². The summed E-state index contributed by atoms with van der Waals surface area (Å²) >= 11 is 0. The van der Waals surface area contributed by atoms with Gasteiger partial charge >= 0.3 is 5.69 Å². The number of carbonyl (C=O) groups excluding carboxylic acids is 3. The summed E-state index contributed by atoms with van der Waals surface area (Å²) in [5, 5.41) is 4.31. The minimum Gasteiger partial charge on any atom is -0.444 e. The van der Waals surface area contributed by atoms with Crippen molar-refractivity contribution in [1.29, 1.82) is 0 Å². The Morgan fingerprint density at radius 3 is 2.47 bits per heavy atom. The number of piperidine rings is 2. The number of pyridine rings is 1. The molecule has 2 saturated carbocycles. The average Bonchev–Trinajstić information content (AvgIpc) is 3.65. The summed E-state index contributed by atoms with van der Waals surface area (Å²) in [7, 11) is 1.76. The normalized spacial score (nSPS) is 20.2. The van der Waals surface area contributed by atoms with Crippen LogP contribution >= 0.6 is 0 Å². The lowest BCUT2D eigenvalue weighted by molar-refractivity contribution is -0.132. The first-order chi connectivity index (χ1) is 29.1. The lowest BCUT2D eigenvalue weighted by atomic mass is 9.92. The summed E-state index contributed by atoms with van der Waals surface area (Å²) in [5.41, 5.74) is 4.05. The summed E-state index contributed by atoms with van der Waals surface area (Å²) in [6.07, 6.45) is 10.4. The van der Waals surface area contributed by atoms with E-state index in [2.05, 4.69) is 30.9 Å². The van der Waals surface area contributed by atoms with Crippen LogP contribution in [0.25, 0.3) is 22.5 Å². The number of oxazole rings is 1. The number of halogens is 2. The van der Waals surface area contributed by atoms with Crippen LogP contribution in [0, 0.1) is 11.8 Å². The number of fused-ring (bicyclic) bond motifs is 1. The molecule has 1 aromatic carbocycles. The van der Waals surface area contributed by atoms with Gasteiger partial charge in [-0.3, -0.25) is 38.1 Å². The Morgan fingerprint density at radius 2 is 1.72 bits per heavy atom. The molecule has 4 aromatic heterocycles. The van der Waals surface area contributed by atoms with Crippen molar-refractivity contribution in [2.24, 2.45) is 18.9 Å². The molecule has 4 fully saturated rings. The molecule has 4 aliphatic rings. The van der Waals surface area contributed by atoms with Crippen LogP contribution in [0.15, 0.2) is 58.2 Å². The number of imidazole rings is 1. The largest absolute Gasteiger partial charge is 0.444 e. The van der Waals surface area contributed by atoms with Crippen LogP contribution < -0.4 is 5.69 Å². The zero-order chi connectivity index (χ0) is 41.5. The van der Waals surface area contributed by atoms with Gasteiger partial charge in [-0.2, -0.15) is 5.10 Å². The third-order valence-electron chi connectivity index (χ3n) is 13.2. The lowest BCUT2D eigenvalue weighted by Crippen LogP contribution is -2.41. The highest BCUT2D eigenvalue weighted by molar-refractivity contribution is 6.03. The smallest absolute Gasteiger partial charge is 0.329 e. The van der Waals surface area contributed by atoms with Gasteiger partial charge in [-0.15, -0.1) is 0 Å². The Morgan fingerprint density at radius 1 is 0.933 bits per heavy atom. The maximum absolute atomic E-state index is 14.2. The van der Waals surface area contributed by atoms with Crippen LogP contribution in [0.5, 0.6) is 0 Å². The molecule has 60 heavy (non-hydrogen) atoms. The first-order valence-electron chi connectivity index (χ1n) is 21.6. The number of Topliss-reactive ketones (excluding diaryl/α,β-unsaturated/α-hetero) is 3. The van der Waals surface area contributed by atoms with Crippen LogP contribution in [-0.2, 0) is 36.0 Å². The first-order valence-corrected chi connectivity index (χ1v) is 21.6. The van der Waals surface area contributed by atoms with Crippen molar-refractivity contribution in [1.82, 2.24) is 38.7 Å². The Labute approximate surface area is 346 Å². The Bertz CT molecular complexity index is 2450. The molecule has 0 radical (unpaired) electrons. The molecule has 9 rings (SSSR count). The molecule has 2 aliphatic heterocycles. The Kier molecular flexibility index (Phi) is 11.5. The molecule has 15 heteroatoms. The second-order valence-electron chi connectivity index (χ2n) is 17.5. The van der Waals surface area contributed by atoms with E-state index in [1.807, 2.05) is 18.2 Å². The van der Waals surface area contributed by atoms with Crippen molar-refractivity contribution in [3.63, 3.8) is 0 Å². The van der Waals surface area contributed by atoms with Crippen LogP contribution in [0.1, 0.15) is 116 Å². The number of rotatable bonds is 14. The summed E-state index contributed by atoms with van der Waals surface area (Å²) in [6.45, 7) is 5.23. The fourth-order valence-corrected chi connectivity index (χ4v) is 9.64. The number of likely N-dealkylation sites (tertiary alicyclic amines) is 2. The van der Waals surface area contributed by atoms with E-state index in [1.54, 1.807) is 39.3 Å². The van der Waals surface area contributed by atoms with Gasteiger partial charge in [-0.05, 0) is 93.6 Å². The highest BCUT2D eigenvalue weighted by Gasteiger charge is 2.33. The molecule has 1 unspecified atom stereocenters. The third-order valence-corrected chi connectivity index (χ3v) is 13.2. The molecule has 0 spiro atoms. The van der Waals surface area contributed by atoms with Crippen molar-refractivity contribution in [3.8, 4) is 11.5 Å². The zero-order valence-corrected chi connectivity index (χ0v) is 34.1. The molecule has 2 aliphatic carbocycles. The lowest BCUT2D eigenvalue weighted by Gasteiger charge is -2.37. The molecule has 1 atom stereocenters. The van der Waals surface area contributed by atoms with Crippen LogP contribution in [0.4, 0.5) is 8.78 Å². The third kappa shape index (κ3) is 8.56. The van der Waals surface area contributed by atoms with Crippen molar-refractivity contribution < 1.29 is 27.6 Å². The second-order valence-corrected chi connectivity index (χ2v) is 17.5. The SMILES string of the molecule is Cn1c(=O)n(C2CCC(=O)CC2=O)c2cccc(CN3CCC(CN4CCC(n5cc(CC(=O)c6coc(-c7ccnc(CCC8CC8)c7)n6)c(C(F)F)n5)CC4)CC3)c21. The first kappa shape index (κ1) is 40.3. The van der Waals surface area contributed by atoms with Crippen molar-refractivity contribution in [2.75, 3.05) is 32.7 Å². The monoisotopic (exact) mass is 822 g/mol. The fraction of sp³-hybridized carbons (Fsp3) is 0.533. The van der Waals surface area contributed by atoms with Crippen molar-refractivity contribution in [3.05, 3.63) is 87.7 Å². The summed E-state index contributed by atoms with van der Waals surface area (Å²) in [6, 6.07) is 8.99. The van der Waals surface area contributed by atoms with E-state index in [1.165, 1.54) is 19.1 Å². The molecule has 2 saturated heterocycles. The molecular formula is C45H52F2N8O5. The molecule has 0 amide bonds. The molecular weight excluding hydrogens is 771 g/mol. The average molecular weight is 823 g/mol. The van der Waals surface area contributed by atoms with E-state index in [4.69, 9.17) is 4.42 Å². The maximum atomic E-state index is 14.2. The number of hydrogen-bond donors (Lipinski definition) is 0. The quantitative estimate of drug-likeness (QED) is 0.0878. The van der Waals surface area contributed by atoms with Gasteiger partial charge in [0.2, 0.25) is 5.89 Å². The van der Waals surface area contributed by atoms with Gasteiger partial charge in [0.05, 0.1) is 29.5 Å². The number of alkyl halides is 2. The van der Waals surface area contributed by atoms with Gasteiger partial charge in [0.25, 0.3) is 6.43 Å². The molecule has 0 bridgehead atoms. The van der Waals surface area contributed by atoms with E-state index in [-0.39, 0.29) is 53.1 Å². The van der Waals surface area contributed by atoms with Crippen molar-refractivity contribution >= 4 is 28.4 Å². The number of ketones is 3. The van der Waals surface area contributed by atoms with Gasteiger partial charge in [0, 0.05) is 75.3 Å². The number of para-hydroxylation sites is 1. The molecule has 13 nitrogen and oxygen atoms in total. The Hall–Kier alpha value is -5.15. The minimum atomic E-state index is -2.81. The molecule has 5 aromatic rings. The predicted octanol–water partition coefficient (Wildman–Crippen LogP) is 6.70. The second kappa shape index (κ2) is 17.1. The zero-order valence-electron chi connectivity index (χ0n) is 34.1. The summed E-state index contributed by atoms with van der Waals surface area (Å²) < 4.78 is 39.0. The molecule has 316 valence electrons. The van der Waals surface area contributed by atoms with Crippen LogP contribution in [0.2, 0.25) is 0 Å². The van der Waals surface area contributed by atoms with E-state index in [9.17, 15) is 28.0 Å². The summed E-state index contributed by atoms with van der Waals surface area (Å²) in [4.78, 5) is 65.2. The van der Waals surface area contributed by atoms with Gasteiger partial charge in [0.15, 0.2) is 11.6 Å². The highest BCUT2D eigenvalue weighted by Crippen LogP contribution is 2.34. The van der Waals surface area contributed by atoms with Gasteiger partial charge in [0.1, 0.15) is 23.4 Å². The number of carbonyl (C=O) groups is 3.